The van der Waals surface area contributed by atoms with Gasteiger partial charge in [-0.15, -0.1) is 12.4 Å². The van der Waals surface area contributed by atoms with Gasteiger partial charge >= 0.3 is 0 Å². The molecule has 0 radical (unpaired) electrons. The van der Waals surface area contributed by atoms with Crippen LogP contribution in [0.4, 0.5) is 0 Å². The monoisotopic (exact) mass is 358 g/mol. The highest BCUT2D eigenvalue weighted by molar-refractivity contribution is 5.85. The summed E-state index contributed by atoms with van der Waals surface area (Å²) in [6.45, 7) is 0.589. The minimum absolute atomic E-state index is 0. The van der Waals surface area contributed by atoms with Gasteiger partial charge in [-0.1, -0.05) is 6.07 Å². The molecule has 136 valence electrons. The van der Waals surface area contributed by atoms with Crippen molar-refractivity contribution in [3.05, 3.63) is 23.8 Å². The van der Waals surface area contributed by atoms with Crippen LogP contribution in [0.25, 0.3) is 0 Å². The van der Waals surface area contributed by atoms with Gasteiger partial charge in [0.15, 0.2) is 11.5 Å². The van der Waals surface area contributed by atoms with Crippen molar-refractivity contribution in [1.29, 1.82) is 0 Å². The summed E-state index contributed by atoms with van der Waals surface area (Å²) in [6.07, 6.45) is 4.83. The first-order valence-electron chi connectivity index (χ1n) is 8.00. The van der Waals surface area contributed by atoms with E-state index in [1.54, 1.807) is 7.11 Å². The second kappa shape index (κ2) is 10.4. The van der Waals surface area contributed by atoms with Crippen molar-refractivity contribution in [2.45, 2.75) is 44.4 Å². The first kappa shape index (κ1) is 20.5. The van der Waals surface area contributed by atoms with Gasteiger partial charge in [0, 0.05) is 13.7 Å². The number of amides is 1. The quantitative estimate of drug-likeness (QED) is 0.743. The number of ether oxygens (including phenoxy) is 3. The van der Waals surface area contributed by atoms with Gasteiger partial charge in [-0.2, -0.15) is 0 Å². The summed E-state index contributed by atoms with van der Waals surface area (Å²) in [4.78, 5) is 11.8. The fourth-order valence-corrected chi connectivity index (χ4v) is 2.68. The Hall–Kier alpha value is -1.50. The predicted octanol–water partition coefficient (Wildman–Crippen LogP) is 2.03. The maximum absolute atomic E-state index is 11.8. The smallest absolute Gasteiger partial charge is 0.239 e. The molecular formula is C17H27ClN2O4. The standard InChI is InChI=1S/C17H26N2O4.ClH/c1-21-11-14(18)17(20)19-10-12-7-8-15(22-2)16(9-12)23-13-5-3-4-6-13;/h7-9,13-14H,3-6,10-11,18H2,1-2H3,(H,19,20);1H. The lowest BCUT2D eigenvalue weighted by atomic mass is 10.2. The van der Waals surface area contributed by atoms with Gasteiger partial charge in [-0.25, -0.2) is 0 Å². The van der Waals surface area contributed by atoms with E-state index < -0.39 is 6.04 Å². The van der Waals surface area contributed by atoms with E-state index in [2.05, 4.69) is 5.32 Å². The Kier molecular flexibility index (Phi) is 8.89. The number of halogens is 1. The lowest BCUT2D eigenvalue weighted by Gasteiger charge is -2.17. The Bertz CT molecular complexity index is 521. The molecule has 1 saturated carbocycles. The van der Waals surface area contributed by atoms with Crippen molar-refractivity contribution in [2.24, 2.45) is 5.73 Å². The second-order valence-corrected chi connectivity index (χ2v) is 5.79. The predicted molar refractivity (Wildman–Crippen MR) is 94.8 cm³/mol. The van der Waals surface area contributed by atoms with Gasteiger partial charge in [0.1, 0.15) is 6.04 Å². The normalized spacial score (nSPS) is 15.5. The summed E-state index contributed by atoms with van der Waals surface area (Å²) in [5.74, 6) is 1.20. The van der Waals surface area contributed by atoms with Gasteiger partial charge in [0.05, 0.1) is 19.8 Å². The number of carbonyl (C=O) groups is 1. The molecule has 0 spiro atoms. The summed E-state index contributed by atoms with van der Waals surface area (Å²) >= 11 is 0. The van der Waals surface area contributed by atoms with E-state index in [4.69, 9.17) is 19.9 Å². The van der Waals surface area contributed by atoms with Crippen LogP contribution in [0.1, 0.15) is 31.2 Å². The van der Waals surface area contributed by atoms with E-state index in [1.807, 2.05) is 18.2 Å². The molecule has 1 amide bonds. The molecule has 1 fully saturated rings. The SMILES string of the molecule is COCC(N)C(=O)NCc1ccc(OC)c(OC2CCCC2)c1.Cl. The first-order chi connectivity index (χ1) is 11.1. The third kappa shape index (κ3) is 5.85. The van der Waals surface area contributed by atoms with Crippen LogP contribution < -0.4 is 20.5 Å². The van der Waals surface area contributed by atoms with Crippen molar-refractivity contribution in [3.63, 3.8) is 0 Å². The summed E-state index contributed by atoms with van der Waals surface area (Å²) in [5, 5.41) is 2.80. The Morgan fingerprint density at radius 1 is 1.29 bits per heavy atom. The van der Waals surface area contributed by atoms with Crippen LogP contribution in [0.3, 0.4) is 0 Å². The molecule has 2 rings (SSSR count). The molecule has 1 aliphatic carbocycles. The Morgan fingerprint density at radius 2 is 2.00 bits per heavy atom. The largest absolute Gasteiger partial charge is 0.493 e. The molecule has 6 nitrogen and oxygen atoms in total. The third-order valence-electron chi connectivity index (χ3n) is 3.97. The van der Waals surface area contributed by atoms with Crippen LogP contribution in [0, 0.1) is 0 Å². The summed E-state index contributed by atoms with van der Waals surface area (Å²) in [6, 6.07) is 5.02. The molecule has 0 aliphatic heterocycles. The van der Waals surface area contributed by atoms with Crippen LogP contribution in [-0.2, 0) is 16.1 Å². The van der Waals surface area contributed by atoms with Crippen LogP contribution >= 0.6 is 12.4 Å². The Morgan fingerprint density at radius 3 is 2.62 bits per heavy atom. The van der Waals surface area contributed by atoms with Crippen LogP contribution in [0.2, 0.25) is 0 Å². The number of rotatable bonds is 8. The molecule has 0 bridgehead atoms. The summed E-state index contributed by atoms with van der Waals surface area (Å²) in [7, 11) is 3.14. The Balaban J connectivity index is 0.00000288. The van der Waals surface area contributed by atoms with Gasteiger partial charge < -0.3 is 25.3 Å². The van der Waals surface area contributed by atoms with Crippen molar-refractivity contribution in [2.75, 3.05) is 20.8 Å². The highest BCUT2D eigenvalue weighted by Crippen LogP contribution is 2.32. The van der Waals surface area contributed by atoms with E-state index in [0.717, 1.165) is 24.2 Å². The van der Waals surface area contributed by atoms with Crippen molar-refractivity contribution in [1.82, 2.24) is 5.32 Å². The first-order valence-corrected chi connectivity index (χ1v) is 8.00. The van der Waals surface area contributed by atoms with E-state index in [1.165, 1.54) is 20.0 Å². The molecule has 3 N–H and O–H groups in total. The van der Waals surface area contributed by atoms with Crippen molar-refractivity contribution < 1.29 is 19.0 Å². The van der Waals surface area contributed by atoms with Crippen molar-refractivity contribution >= 4 is 18.3 Å². The lowest BCUT2D eigenvalue weighted by Crippen LogP contribution is -2.43. The molecule has 0 saturated heterocycles. The zero-order chi connectivity index (χ0) is 16.7. The second-order valence-electron chi connectivity index (χ2n) is 5.79. The van der Waals surface area contributed by atoms with Crippen LogP contribution in [0.15, 0.2) is 18.2 Å². The number of methoxy groups -OCH3 is 2. The minimum atomic E-state index is -0.660. The van der Waals surface area contributed by atoms with Crippen LogP contribution in [0.5, 0.6) is 11.5 Å². The summed E-state index contributed by atoms with van der Waals surface area (Å²) in [5.41, 5.74) is 6.64. The number of hydrogen-bond acceptors (Lipinski definition) is 5. The molecule has 1 aromatic carbocycles. The minimum Gasteiger partial charge on any atom is -0.493 e. The fourth-order valence-electron chi connectivity index (χ4n) is 2.68. The average Bonchev–Trinajstić information content (AvgIpc) is 3.06. The zero-order valence-corrected chi connectivity index (χ0v) is 15.1. The van der Waals surface area contributed by atoms with E-state index in [9.17, 15) is 4.79 Å². The average molecular weight is 359 g/mol. The molecule has 1 aliphatic rings. The molecule has 1 aromatic rings. The van der Waals surface area contributed by atoms with E-state index >= 15 is 0 Å². The van der Waals surface area contributed by atoms with Gasteiger partial charge in [0.25, 0.3) is 0 Å². The number of carbonyl (C=O) groups excluding carboxylic acids is 1. The van der Waals surface area contributed by atoms with Gasteiger partial charge in [-0.05, 0) is 43.4 Å². The van der Waals surface area contributed by atoms with E-state index in [-0.39, 0.29) is 31.0 Å². The van der Waals surface area contributed by atoms with Gasteiger partial charge in [-0.3, -0.25) is 4.79 Å². The molecular weight excluding hydrogens is 332 g/mol. The molecule has 1 unspecified atom stereocenters. The highest BCUT2D eigenvalue weighted by Gasteiger charge is 2.19. The topological polar surface area (TPSA) is 82.8 Å². The molecule has 0 aromatic heterocycles. The highest BCUT2D eigenvalue weighted by atomic mass is 35.5. The lowest BCUT2D eigenvalue weighted by molar-refractivity contribution is -0.123. The number of nitrogens with one attached hydrogen (secondary N) is 1. The zero-order valence-electron chi connectivity index (χ0n) is 14.2. The third-order valence-corrected chi connectivity index (χ3v) is 3.97. The Labute approximate surface area is 149 Å². The maximum atomic E-state index is 11.8. The maximum Gasteiger partial charge on any atom is 0.239 e. The number of benzene rings is 1. The molecule has 0 heterocycles. The van der Waals surface area contributed by atoms with Gasteiger partial charge in [0.2, 0.25) is 5.91 Å². The fraction of sp³-hybridized carbons (Fsp3) is 0.588. The number of hydrogen-bond donors (Lipinski definition) is 2. The molecule has 1 atom stereocenters. The number of nitrogens with two attached hydrogens (primary N) is 1. The van der Waals surface area contributed by atoms with Crippen LogP contribution in [-0.4, -0.2) is 38.9 Å². The van der Waals surface area contributed by atoms with E-state index in [0.29, 0.717) is 12.3 Å². The molecule has 7 heteroatoms. The van der Waals surface area contributed by atoms with Crippen molar-refractivity contribution in [3.8, 4) is 11.5 Å². The molecule has 24 heavy (non-hydrogen) atoms. The summed E-state index contributed by atoms with van der Waals surface area (Å²) < 4.78 is 16.3.